The second-order valence-corrected chi connectivity index (χ2v) is 9.28. The number of methoxy groups -OCH3 is 1. The van der Waals surface area contributed by atoms with E-state index in [0.717, 1.165) is 34.9 Å². The summed E-state index contributed by atoms with van der Waals surface area (Å²) in [5, 5.41) is 2.03. The molecule has 0 fully saturated rings. The number of rotatable bonds is 12. The van der Waals surface area contributed by atoms with Gasteiger partial charge in [-0.1, -0.05) is 37.6 Å². The van der Waals surface area contributed by atoms with Crippen LogP contribution < -0.4 is 4.74 Å². The molecule has 166 valence electrons. The minimum atomic E-state index is -3.55. The zero-order valence-corrected chi connectivity index (χ0v) is 19.4. The summed E-state index contributed by atoms with van der Waals surface area (Å²) < 4.78 is 35.1. The number of esters is 1. The van der Waals surface area contributed by atoms with Gasteiger partial charge in [-0.05, 0) is 62.1 Å². The number of carbonyl (C=O) groups is 1. The van der Waals surface area contributed by atoms with Crippen LogP contribution in [0.15, 0.2) is 36.4 Å². The summed E-state index contributed by atoms with van der Waals surface area (Å²) in [6, 6.07) is 11.6. The van der Waals surface area contributed by atoms with Crippen molar-refractivity contribution in [2.45, 2.75) is 58.7 Å². The lowest BCUT2D eigenvalue weighted by atomic mass is 9.98. The summed E-state index contributed by atoms with van der Waals surface area (Å²) in [4.78, 5) is 12.9. The predicted molar refractivity (Wildman–Crippen MR) is 119 cm³/mol. The van der Waals surface area contributed by atoms with Gasteiger partial charge in [-0.3, -0.25) is 9.36 Å². The molecule has 2 aromatic rings. The van der Waals surface area contributed by atoms with Crippen LogP contribution in [-0.4, -0.2) is 32.1 Å². The predicted octanol–water partition coefficient (Wildman–Crippen LogP) is 6.28. The Kier molecular flexibility index (Phi) is 9.35. The Bertz CT molecular complexity index is 871. The Morgan fingerprint density at radius 3 is 2.23 bits per heavy atom. The average Bonchev–Trinajstić information content (AvgIpc) is 2.75. The Balaban J connectivity index is 2.23. The van der Waals surface area contributed by atoms with Gasteiger partial charge in [0.1, 0.15) is 5.75 Å². The van der Waals surface area contributed by atoms with Crippen LogP contribution in [0.2, 0.25) is 0 Å². The van der Waals surface area contributed by atoms with E-state index in [0.29, 0.717) is 6.42 Å². The molecule has 0 aliphatic heterocycles. The summed E-state index contributed by atoms with van der Waals surface area (Å²) in [5.74, 6) is -1.08. The van der Waals surface area contributed by atoms with E-state index < -0.39 is 25.3 Å². The molecule has 2 aromatic carbocycles. The number of benzene rings is 2. The molecule has 0 amide bonds. The Morgan fingerprint density at radius 2 is 1.63 bits per heavy atom. The van der Waals surface area contributed by atoms with E-state index in [9.17, 15) is 9.36 Å². The van der Waals surface area contributed by atoms with E-state index in [1.165, 1.54) is 0 Å². The average molecular weight is 436 g/mol. The fourth-order valence-corrected chi connectivity index (χ4v) is 5.09. The minimum absolute atomic E-state index is 0.223. The van der Waals surface area contributed by atoms with Crippen LogP contribution >= 0.6 is 7.60 Å². The molecule has 7 heteroatoms. The Hall–Kier alpha value is -1.88. The van der Waals surface area contributed by atoms with Gasteiger partial charge in [0.15, 0.2) is 0 Å². The van der Waals surface area contributed by atoms with Crippen molar-refractivity contribution in [3.8, 4) is 5.75 Å². The first-order valence-corrected chi connectivity index (χ1v) is 12.2. The van der Waals surface area contributed by atoms with Gasteiger partial charge in [0.25, 0.3) is 0 Å². The maximum atomic E-state index is 13.2. The van der Waals surface area contributed by atoms with E-state index in [2.05, 4.69) is 0 Å². The second-order valence-electron chi connectivity index (χ2n) is 7.10. The molecule has 0 aliphatic carbocycles. The van der Waals surface area contributed by atoms with E-state index >= 15 is 0 Å². The summed E-state index contributed by atoms with van der Waals surface area (Å²) in [7, 11) is -1.92. The maximum Gasteiger partial charge on any atom is 0.370 e. The zero-order valence-electron chi connectivity index (χ0n) is 18.6. The molecule has 2 atom stereocenters. The zero-order chi connectivity index (χ0) is 22.1. The summed E-state index contributed by atoms with van der Waals surface area (Å²) >= 11 is 0. The van der Waals surface area contributed by atoms with Gasteiger partial charge in [-0.15, -0.1) is 0 Å². The number of fused-ring (bicyclic) bond motifs is 1. The molecule has 30 heavy (non-hydrogen) atoms. The van der Waals surface area contributed by atoms with Crippen LogP contribution in [-0.2, 0) is 23.1 Å². The first-order chi connectivity index (χ1) is 14.4. The van der Waals surface area contributed by atoms with E-state index in [-0.39, 0.29) is 13.2 Å². The fraction of sp³-hybridized carbons (Fsp3) is 0.522. The maximum absolute atomic E-state index is 13.2. The molecule has 0 heterocycles. The van der Waals surface area contributed by atoms with Crippen molar-refractivity contribution in [3.63, 3.8) is 0 Å². The van der Waals surface area contributed by atoms with Crippen molar-refractivity contribution in [1.82, 2.24) is 0 Å². The summed E-state index contributed by atoms with van der Waals surface area (Å²) in [5.41, 5.74) is 0.828. The van der Waals surface area contributed by atoms with Crippen LogP contribution in [0.25, 0.3) is 10.8 Å². The molecular weight excluding hydrogens is 403 g/mol. The van der Waals surface area contributed by atoms with Crippen molar-refractivity contribution in [1.29, 1.82) is 0 Å². The molecule has 0 radical (unpaired) electrons. The van der Waals surface area contributed by atoms with Gasteiger partial charge >= 0.3 is 13.6 Å². The van der Waals surface area contributed by atoms with Crippen molar-refractivity contribution < 1.29 is 27.9 Å². The lowest BCUT2D eigenvalue weighted by molar-refractivity contribution is -0.148. The van der Waals surface area contributed by atoms with Gasteiger partial charge in [-0.25, -0.2) is 0 Å². The first kappa shape index (κ1) is 24.4. The largest absolute Gasteiger partial charge is 0.497 e. The molecular formula is C23H33O6P. The van der Waals surface area contributed by atoms with Crippen molar-refractivity contribution in [2.75, 3.05) is 20.3 Å². The highest BCUT2D eigenvalue weighted by atomic mass is 31.2. The topological polar surface area (TPSA) is 71.1 Å². The van der Waals surface area contributed by atoms with Crippen molar-refractivity contribution in [2.24, 2.45) is 0 Å². The van der Waals surface area contributed by atoms with Gasteiger partial charge < -0.3 is 18.5 Å². The highest BCUT2D eigenvalue weighted by Gasteiger charge is 2.39. The van der Waals surface area contributed by atoms with Crippen LogP contribution in [0, 0.1) is 0 Å². The Morgan fingerprint density at radius 1 is 1.00 bits per heavy atom. The van der Waals surface area contributed by atoms with E-state index in [1.807, 2.05) is 43.3 Å². The molecule has 0 spiro atoms. The van der Waals surface area contributed by atoms with Crippen molar-refractivity contribution >= 4 is 24.3 Å². The van der Waals surface area contributed by atoms with Gasteiger partial charge in [0.2, 0.25) is 5.85 Å². The molecule has 2 rings (SSSR count). The highest BCUT2D eigenvalue weighted by molar-refractivity contribution is 7.54. The second kappa shape index (κ2) is 11.5. The SMILES string of the molecule is CCCC[C@@H](OC(=O)[C@H](C)c1ccc2cc(OC)ccc2c1)P(=O)(OCC)OCC. The summed E-state index contributed by atoms with van der Waals surface area (Å²) in [6.45, 7) is 7.75. The third-order valence-electron chi connectivity index (χ3n) is 4.95. The quantitative estimate of drug-likeness (QED) is 0.288. The van der Waals surface area contributed by atoms with Crippen LogP contribution in [0.4, 0.5) is 0 Å². The number of hydrogen-bond acceptors (Lipinski definition) is 6. The number of unbranched alkanes of at least 4 members (excludes halogenated alkanes) is 1. The number of ether oxygens (including phenoxy) is 2. The molecule has 0 aliphatic rings. The fourth-order valence-electron chi connectivity index (χ4n) is 3.23. The molecule has 0 bridgehead atoms. The molecule has 0 saturated heterocycles. The summed E-state index contributed by atoms with van der Waals surface area (Å²) in [6.07, 6.45) is 2.08. The standard InChI is InChI=1S/C23H33O6P/c1-6-9-10-22(30(25,27-7-2)28-8-3)29-23(24)17(4)18-11-12-20-16-21(26-5)14-13-19(20)15-18/h11-17,22H,6-10H2,1-5H3/t17-,22+/m1/s1. The number of carbonyl (C=O) groups excluding carboxylic acids is 1. The van der Waals surface area contributed by atoms with Crippen molar-refractivity contribution in [3.05, 3.63) is 42.0 Å². The molecule has 0 unspecified atom stereocenters. The van der Waals surface area contributed by atoms with Gasteiger partial charge in [-0.2, -0.15) is 0 Å². The van der Waals surface area contributed by atoms with Gasteiger partial charge in [0, 0.05) is 0 Å². The third kappa shape index (κ3) is 6.07. The lowest BCUT2D eigenvalue weighted by Gasteiger charge is -2.27. The van der Waals surface area contributed by atoms with Crippen LogP contribution in [0.1, 0.15) is 58.4 Å². The molecule has 0 saturated carbocycles. The lowest BCUT2D eigenvalue weighted by Crippen LogP contribution is -2.24. The highest BCUT2D eigenvalue weighted by Crippen LogP contribution is 2.55. The molecule has 0 N–H and O–H groups in total. The normalized spacial score (nSPS) is 13.8. The van der Waals surface area contributed by atoms with E-state index in [1.54, 1.807) is 27.9 Å². The van der Waals surface area contributed by atoms with Crippen LogP contribution in [0.5, 0.6) is 5.75 Å². The third-order valence-corrected chi connectivity index (χ3v) is 7.26. The van der Waals surface area contributed by atoms with E-state index in [4.69, 9.17) is 18.5 Å². The minimum Gasteiger partial charge on any atom is -0.497 e. The van der Waals surface area contributed by atoms with Gasteiger partial charge in [0.05, 0.1) is 26.2 Å². The first-order valence-electron chi connectivity index (χ1n) is 10.5. The monoisotopic (exact) mass is 436 g/mol. The van der Waals surface area contributed by atoms with Crippen LogP contribution in [0.3, 0.4) is 0 Å². The Labute approximate surface area is 179 Å². The molecule has 0 aromatic heterocycles. The number of hydrogen-bond donors (Lipinski definition) is 0. The molecule has 6 nitrogen and oxygen atoms in total. The smallest absolute Gasteiger partial charge is 0.370 e.